The molecular weight excluding hydrogens is 326 g/mol. The van der Waals surface area contributed by atoms with Crippen LogP contribution in [0.5, 0.6) is 11.5 Å². The molecule has 0 unspecified atom stereocenters. The molecule has 26 heavy (non-hydrogen) atoms. The lowest BCUT2D eigenvalue weighted by Crippen LogP contribution is -2.07. The molecular formula is C22H27NO3. The molecule has 4 heteroatoms. The molecule has 0 aliphatic carbocycles. The van der Waals surface area contributed by atoms with Crippen LogP contribution in [0.2, 0.25) is 0 Å². The Hall–Kier alpha value is -2.75. The molecule has 2 aromatic rings. The Labute approximate surface area is 155 Å². The van der Waals surface area contributed by atoms with Gasteiger partial charge in [0, 0.05) is 11.8 Å². The molecule has 0 aliphatic rings. The molecule has 4 nitrogen and oxygen atoms in total. The third kappa shape index (κ3) is 7.01. The van der Waals surface area contributed by atoms with Gasteiger partial charge >= 0.3 is 0 Å². The van der Waals surface area contributed by atoms with Crippen LogP contribution in [-0.2, 0) is 4.79 Å². The molecule has 138 valence electrons. The summed E-state index contributed by atoms with van der Waals surface area (Å²) in [6.07, 6.45) is 6.42. The fourth-order valence-electron chi connectivity index (χ4n) is 2.22. The van der Waals surface area contributed by atoms with Crippen LogP contribution >= 0.6 is 0 Å². The normalized spacial score (nSPS) is 10.7. The van der Waals surface area contributed by atoms with E-state index in [9.17, 15) is 4.79 Å². The van der Waals surface area contributed by atoms with Gasteiger partial charge in [-0.2, -0.15) is 0 Å². The van der Waals surface area contributed by atoms with Crippen molar-refractivity contribution in [3.05, 3.63) is 60.2 Å². The highest BCUT2D eigenvalue weighted by Crippen LogP contribution is 2.17. The molecule has 0 aliphatic heterocycles. The number of rotatable bonds is 10. The quantitative estimate of drug-likeness (QED) is 0.465. The molecule has 0 saturated heterocycles. The Kier molecular flexibility index (Phi) is 8.27. The Bertz CT molecular complexity index is 690. The van der Waals surface area contributed by atoms with E-state index >= 15 is 0 Å². The Balaban J connectivity index is 1.82. The molecule has 2 aromatic carbocycles. The van der Waals surface area contributed by atoms with Crippen LogP contribution < -0.4 is 14.8 Å². The van der Waals surface area contributed by atoms with Crippen molar-refractivity contribution >= 4 is 17.7 Å². The zero-order chi connectivity index (χ0) is 18.6. The van der Waals surface area contributed by atoms with Crippen molar-refractivity contribution in [2.24, 2.45) is 0 Å². The lowest BCUT2D eigenvalue weighted by atomic mass is 10.2. The summed E-state index contributed by atoms with van der Waals surface area (Å²) >= 11 is 0. The summed E-state index contributed by atoms with van der Waals surface area (Å²) in [5.74, 6) is 1.49. The predicted molar refractivity (Wildman–Crippen MR) is 107 cm³/mol. The topological polar surface area (TPSA) is 47.6 Å². The number of anilines is 1. The van der Waals surface area contributed by atoms with Crippen LogP contribution in [0.15, 0.2) is 54.6 Å². The van der Waals surface area contributed by atoms with Gasteiger partial charge in [-0.3, -0.25) is 4.79 Å². The van der Waals surface area contributed by atoms with Crippen LogP contribution in [0.4, 0.5) is 5.69 Å². The minimum Gasteiger partial charge on any atom is -0.494 e. The maximum atomic E-state index is 12.0. The molecule has 0 fully saturated rings. The summed E-state index contributed by atoms with van der Waals surface area (Å²) in [7, 11) is 0. The summed E-state index contributed by atoms with van der Waals surface area (Å²) in [6, 6.07) is 15.1. The number of ether oxygens (including phenoxy) is 2. The molecule has 1 amide bonds. The molecule has 1 N–H and O–H groups in total. The Morgan fingerprint density at radius 2 is 1.50 bits per heavy atom. The van der Waals surface area contributed by atoms with E-state index in [4.69, 9.17) is 9.47 Å². The largest absolute Gasteiger partial charge is 0.494 e. The number of carbonyl (C=O) groups is 1. The Morgan fingerprint density at radius 1 is 0.885 bits per heavy atom. The molecule has 0 atom stereocenters. The number of unbranched alkanes of at least 4 members (excludes halogenated alkanes) is 1. The first-order valence-corrected chi connectivity index (χ1v) is 9.16. The van der Waals surface area contributed by atoms with Crippen LogP contribution in [-0.4, -0.2) is 19.1 Å². The average Bonchev–Trinajstić information content (AvgIpc) is 2.67. The predicted octanol–water partition coefficient (Wildman–Crippen LogP) is 5.31. The van der Waals surface area contributed by atoms with E-state index in [-0.39, 0.29) is 5.91 Å². The van der Waals surface area contributed by atoms with Crippen molar-refractivity contribution in [1.82, 2.24) is 0 Å². The minimum absolute atomic E-state index is 0.170. The molecule has 0 spiro atoms. The molecule has 0 saturated carbocycles. The zero-order valence-electron chi connectivity index (χ0n) is 15.5. The van der Waals surface area contributed by atoms with Crippen LogP contribution in [0.25, 0.3) is 6.08 Å². The number of carbonyl (C=O) groups excluding carboxylic acids is 1. The lowest BCUT2D eigenvalue weighted by Gasteiger charge is -2.07. The summed E-state index contributed by atoms with van der Waals surface area (Å²) < 4.78 is 11.2. The molecule has 2 rings (SSSR count). The van der Waals surface area contributed by atoms with Crippen LogP contribution in [0, 0.1) is 0 Å². The standard InChI is InChI=1S/C22H27NO3/c1-3-5-17-26-21-13-9-19(10-14-21)23-22(24)15-8-18-6-11-20(12-7-18)25-16-4-2/h6-15H,3-5,16-17H2,1-2H3,(H,23,24)/b15-8+. The van der Waals surface area contributed by atoms with E-state index in [1.54, 1.807) is 6.08 Å². The van der Waals surface area contributed by atoms with Gasteiger partial charge in [-0.25, -0.2) is 0 Å². The van der Waals surface area contributed by atoms with Crippen molar-refractivity contribution in [2.45, 2.75) is 33.1 Å². The highest BCUT2D eigenvalue weighted by molar-refractivity contribution is 6.01. The van der Waals surface area contributed by atoms with E-state index < -0.39 is 0 Å². The van der Waals surface area contributed by atoms with E-state index in [0.29, 0.717) is 13.2 Å². The van der Waals surface area contributed by atoms with E-state index in [1.165, 1.54) is 6.08 Å². The highest BCUT2D eigenvalue weighted by atomic mass is 16.5. The number of amides is 1. The molecule has 0 heterocycles. The lowest BCUT2D eigenvalue weighted by molar-refractivity contribution is -0.111. The van der Waals surface area contributed by atoms with E-state index in [0.717, 1.165) is 42.0 Å². The summed E-state index contributed by atoms with van der Waals surface area (Å²) in [5.41, 5.74) is 1.69. The second-order valence-electron chi connectivity index (χ2n) is 5.97. The van der Waals surface area contributed by atoms with Gasteiger partial charge in [-0.05, 0) is 60.9 Å². The maximum absolute atomic E-state index is 12.0. The average molecular weight is 353 g/mol. The third-order valence-electron chi connectivity index (χ3n) is 3.67. The second kappa shape index (κ2) is 11.0. The van der Waals surface area contributed by atoms with E-state index in [2.05, 4.69) is 19.2 Å². The van der Waals surface area contributed by atoms with Crippen molar-refractivity contribution in [2.75, 3.05) is 18.5 Å². The highest BCUT2D eigenvalue weighted by Gasteiger charge is 2.00. The number of hydrogen-bond donors (Lipinski definition) is 1. The fraction of sp³-hybridized carbons (Fsp3) is 0.318. The molecule has 0 aromatic heterocycles. The minimum atomic E-state index is -0.170. The zero-order valence-corrected chi connectivity index (χ0v) is 15.5. The summed E-state index contributed by atoms with van der Waals surface area (Å²) in [6.45, 7) is 5.63. The number of benzene rings is 2. The van der Waals surface area contributed by atoms with Gasteiger partial charge in [0.25, 0.3) is 0 Å². The van der Waals surface area contributed by atoms with Gasteiger partial charge in [0.2, 0.25) is 5.91 Å². The second-order valence-corrected chi connectivity index (χ2v) is 5.97. The SMILES string of the molecule is CCCCOc1ccc(NC(=O)/C=C/c2ccc(OCCC)cc2)cc1. The van der Waals surface area contributed by atoms with Gasteiger partial charge in [0.05, 0.1) is 13.2 Å². The smallest absolute Gasteiger partial charge is 0.248 e. The van der Waals surface area contributed by atoms with Crippen LogP contribution in [0.3, 0.4) is 0 Å². The molecule has 0 radical (unpaired) electrons. The monoisotopic (exact) mass is 353 g/mol. The van der Waals surface area contributed by atoms with Gasteiger partial charge < -0.3 is 14.8 Å². The van der Waals surface area contributed by atoms with Crippen LogP contribution in [0.1, 0.15) is 38.7 Å². The van der Waals surface area contributed by atoms with Crippen molar-refractivity contribution in [3.63, 3.8) is 0 Å². The number of nitrogens with one attached hydrogen (secondary N) is 1. The summed E-state index contributed by atoms with van der Waals surface area (Å²) in [5, 5.41) is 2.84. The van der Waals surface area contributed by atoms with E-state index in [1.807, 2.05) is 48.5 Å². The first-order valence-electron chi connectivity index (χ1n) is 9.16. The van der Waals surface area contributed by atoms with Crippen molar-refractivity contribution in [3.8, 4) is 11.5 Å². The first-order chi connectivity index (χ1) is 12.7. The van der Waals surface area contributed by atoms with Crippen molar-refractivity contribution < 1.29 is 14.3 Å². The third-order valence-corrected chi connectivity index (χ3v) is 3.67. The summed E-state index contributed by atoms with van der Waals surface area (Å²) in [4.78, 5) is 12.0. The maximum Gasteiger partial charge on any atom is 0.248 e. The van der Waals surface area contributed by atoms with Gasteiger partial charge in [-0.15, -0.1) is 0 Å². The first kappa shape index (κ1) is 19.6. The van der Waals surface area contributed by atoms with Gasteiger partial charge in [0.1, 0.15) is 11.5 Å². The van der Waals surface area contributed by atoms with Gasteiger partial charge in [-0.1, -0.05) is 32.4 Å². The van der Waals surface area contributed by atoms with Gasteiger partial charge in [0.15, 0.2) is 0 Å². The fourth-order valence-corrected chi connectivity index (χ4v) is 2.22. The van der Waals surface area contributed by atoms with Crippen molar-refractivity contribution in [1.29, 1.82) is 0 Å². The Morgan fingerprint density at radius 3 is 2.12 bits per heavy atom. The number of hydrogen-bond acceptors (Lipinski definition) is 3. The molecule has 0 bridgehead atoms.